The molecule has 0 bridgehead atoms. The molecule has 2 aromatic rings. The molecule has 0 radical (unpaired) electrons. The molecule has 0 spiro atoms. The summed E-state index contributed by atoms with van der Waals surface area (Å²) in [6, 6.07) is 8.55. The second-order valence-corrected chi connectivity index (χ2v) is 6.85. The summed E-state index contributed by atoms with van der Waals surface area (Å²) >= 11 is 4.09. The highest BCUT2D eigenvalue weighted by Gasteiger charge is 2.12. The van der Waals surface area contributed by atoms with Crippen LogP contribution in [0.4, 0.5) is 0 Å². The number of hydrogen-bond donors (Lipinski definition) is 1. The Bertz CT molecular complexity index is 532. The van der Waals surface area contributed by atoms with E-state index in [4.69, 9.17) is 4.98 Å². The Kier molecular flexibility index (Phi) is 4.47. The van der Waals surface area contributed by atoms with Gasteiger partial charge in [0.15, 0.2) is 0 Å². The van der Waals surface area contributed by atoms with Crippen LogP contribution in [0.25, 0.3) is 11.3 Å². The van der Waals surface area contributed by atoms with Crippen LogP contribution in [0.5, 0.6) is 0 Å². The van der Waals surface area contributed by atoms with Gasteiger partial charge in [0, 0.05) is 40.7 Å². The van der Waals surface area contributed by atoms with Gasteiger partial charge in [0.1, 0.15) is 5.01 Å². The zero-order chi connectivity index (χ0) is 13.1. The van der Waals surface area contributed by atoms with Crippen molar-refractivity contribution in [1.29, 1.82) is 0 Å². The van der Waals surface area contributed by atoms with Crippen molar-refractivity contribution in [1.82, 2.24) is 15.2 Å². The minimum absolute atomic E-state index is 0.983. The summed E-state index contributed by atoms with van der Waals surface area (Å²) in [7, 11) is 0. The Balaban J connectivity index is 1.70. The van der Waals surface area contributed by atoms with Crippen LogP contribution in [-0.4, -0.2) is 36.1 Å². The van der Waals surface area contributed by atoms with Crippen LogP contribution in [0.15, 0.2) is 29.6 Å². The van der Waals surface area contributed by atoms with E-state index in [1.807, 2.05) is 0 Å². The van der Waals surface area contributed by atoms with Crippen molar-refractivity contribution in [3.63, 3.8) is 0 Å². The van der Waals surface area contributed by atoms with Gasteiger partial charge in [-0.05, 0) is 34.7 Å². The van der Waals surface area contributed by atoms with Gasteiger partial charge in [-0.15, -0.1) is 11.3 Å². The average molecular weight is 385 g/mol. The number of thiazole rings is 1. The topological polar surface area (TPSA) is 28.2 Å². The van der Waals surface area contributed by atoms with E-state index >= 15 is 0 Å². The first-order valence-electron chi connectivity index (χ1n) is 6.45. The number of benzene rings is 1. The van der Waals surface area contributed by atoms with Crippen molar-refractivity contribution in [2.24, 2.45) is 0 Å². The minimum Gasteiger partial charge on any atom is -0.314 e. The highest BCUT2D eigenvalue weighted by Crippen LogP contribution is 2.23. The molecule has 0 unspecified atom stereocenters. The molecule has 3 rings (SSSR count). The molecule has 5 heteroatoms. The quantitative estimate of drug-likeness (QED) is 0.824. The van der Waals surface area contributed by atoms with E-state index in [-0.39, 0.29) is 0 Å². The third-order valence-electron chi connectivity index (χ3n) is 3.26. The van der Waals surface area contributed by atoms with E-state index in [0.717, 1.165) is 38.4 Å². The molecule has 1 aliphatic heterocycles. The molecule has 100 valence electrons. The zero-order valence-corrected chi connectivity index (χ0v) is 13.6. The second kappa shape index (κ2) is 6.30. The molecular formula is C14H16IN3S. The van der Waals surface area contributed by atoms with Crippen molar-refractivity contribution >= 4 is 33.9 Å². The van der Waals surface area contributed by atoms with Gasteiger partial charge in [-0.1, -0.05) is 12.1 Å². The third-order valence-corrected chi connectivity index (χ3v) is 4.81. The summed E-state index contributed by atoms with van der Waals surface area (Å²) < 4.78 is 1.26. The summed E-state index contributed by atoms with van der Waals surface area (Å²) in [6.07, 6.45) is 0. The Labute approximate surface area is 131 Å². The van der Waals surface area contributed by atoms with Crippen LogP contribution < -0.4 is 5.32 Å². The summed E-state index contributed by atoms with van der Waals surface area (Å²) in [5.41, 5.74) is 2.31. The fourth-order valence-electron chi connectivity index (χ4n) is 2.20. The number of nitrogens with zero attached hydrogens (tertiary/aromatic N) is 2. The second-order valence-electron chi connectivity index (χ2n) is 4.66. The zero-order valence-electron chi connectivity index (χ0n) is 10.6. The molecule has 1 N–H and O–H groups in total. The van der Waals surface area contributed by atoms with Crippen molar-refractivity contribution in [3.8, 4) is 11.3 Å². The molecule has 1 fully saturated rings. The van der Waals surface area contributed by atoms with Gasteiger partial charge in [-0.25, -0.2) is 4.98 Å². The number of aromatic nitrogens is 1. The molecule has 1 saturated heterocycles. The Morgan fingerprint density at radius 3 is 2.68 bits per heavy atom. The van der Waals surface area contributed by atoms with Crippen molar-refractivity contribution < 1.29 is 0 Å². The van der Waals surface area contributed by atoms with Crippen LogP contribution in [-0.2, 0) is 6.54 Å². The first-order chi connectivity index (χ1) is 9.31. The average Bonchev–Trinajstić information content (AvgIpc) is 2.89. The standard InChI is InChI=1S/C14H16IN3S/c15-12-3-1-11(2-4-12)13-10-19-14(17-13)9-18-7-5-16-6-8-18/h1-4,10,16H,5-9H2. The molecule has 19 heavy (non-hydrogen) atoms. The first kappa shape index (κ1) is 13.5. The van der Waals surface area contributed by atoms with E-state index < -0.39 is 0 Å². The first-order valence-corrected chi connectivity index (χ1v) is 8.40. The maximum Gasteiger partial charge on any atom is 0.107 e. The van der Waals surface area contributed by atoms with Crippen LogP contribution in [0.3, 0.4) is 0 Å². The lowest BCUT2D eigenvalue weighted by Gasteiger charge is -2.26. The predicted molar refractivity (Wildman–Crippen MR) is 88.4 cm³/mol. The van der Waals surface area contributed by atoms with Crippen LogP contribution in [0.2, 0.25) is 0 Å². The van der Waals surface area contributed by atoms with E-state index in [2.05, 4.69) is 62.5 Å². The van der Waals surface area contributed by atoms with Crippen molar-refractivity contribution in [2.45, 2.75) is 6.54 Å². The molecular weight excluding hydrogens is 369 g/mol. The molecule has 3 nitrogen and oxygen atoms in total. The van der Waals surface area contributed by atoms with Gasteiger partial charge >= 0.3 is 0 Å². The molecule has 1 aromatic heterocycles. The van der Waals surface area contributed by atoms with Gasteiger partial charge in [0.25, 0.3) is 0 Å². The Morgan fingerprint density at radius 1 is 1.21 bits per heavy atom. The lowest BCUT2D eigenvalue weighted by atomic mass is 10.2. The fraction of sp³-hybridized carbons (Fsp3) is 0.357. The molecule has 0 saturated carbocycles. The highest BCUT2D eigenvalue weighted by atomic mass is 127. The summed E-state index contributed by atoms with van der Waals surface area (Å²) in [4.78, 5) is 7.22. The number of halogens is 1. The van der Waals surface area contributed by atoms with Gasteiger partial charge in [0.2, 0.25) is 0 Å². The van der Waals surface area contributed by atoms with Gasteiger partial charge in [-0.2, -0.15) is 0 Å². The molecule has 1 aliphatic rings. The fourth-order valence-corrected chi connectivity index (χ4v) is 3.40. The number of rotatable bonds is 3. The molecule has 0 atom stereocenters. The largest absolute Gasteiger partial charge is 0.314 e. The SMILES string of the molecule is Ic1ccc(-c2csc(CN3CCNCC3)n2)cc1. The summed E-state index contributed by atoms with van der Waals surface area (Å²) in [5.74, 6) is 0. The van der Waals surface area contributed by atoms with E-state index in [1.54, 1.807) is 11.3 Å². The smallest absolute Gasteiger partial charge is 0.107 e. The molecule has 0 amide bonds. The van der Waals surface area contributed by atoms with Gasteiger partial charge < -0.3 is 5.32 Å². The van der Waals surface area contributed by atoms with E-state index in [9.17, 15) is 0 Å². The minimum atomic E-state index is 0.983. The number of nitrogens with one attached hydrogen (secondary N) is 1. The number of piperazine rings is 1. The lowest BCUT2D eigenvalue weighted by molar-refractivity contribution is 0.233. The van der Waals surface area contributed by atoms with Crippen LogP contribution >= 0.6 is 33.9 Å². The maximum absolute atomic E-state index is 4.76. The molecule has 1 aromatic carbocycles. The predicted octanol–water partition coefficient (Wildman–Crippen LogP) is 2.82. The van der Waals surface area contributed by atoms with Gasteiger partial charge in [-0.3, -0.25) is 4.90 Å². The van der Waals surface area contributed by atoms with Gasteiger partial charge in [0.05, 0.1) is 12.2 Å². The lowest BCUT2D eigenvalue weighted by Crippen LogP contribution is -2.42. The molecule has 0 aliphatic carbocycles. The molecule has 2 heterocycles. The van der Waals surface area contributed by atoms with Crippen LogP contribution in [0.1, 0.15) is 5.01 Å². The highest BCUT2D eigenvalue weighted by molar-refractivity contribution is 14.1. The van der Waals surface area contributed by atoms with E-state index in [1.165, 1.54) is 14.1 Å². The number of hydrogen-bond acceptors (Lipinski definition) is 4. The summed E-state index contributed by atoms with van der Waals surface area (Å²) in [5, 5.41) is 6.76. The van der Waals surface area contributed by atoms with Crippen molar-refractivity contribution in [2.75, 3.05) is 26.2 Å². The maximum atomic E-state index is 4.76. The monoisotopic (exact) mass is 385 g/mol. The van der Waals surface area contributed by atoms with E-state index in [0.29, 0.717) is 0 Å². The summed E-state index contributed by atoms with van der Waals surface area (Å²) in [6.45, 7) is 5.41. The van der Waals surface area contributed by atoms with Crippen LogP contribution in [0, 0.1) is 3.57 Å². The third kappa shape index (κ3) is 3.53. The normalized spacial score (nSPS) is 16.7. The van der Waals surface area contributed by atoms with Crippen molar-refractivity contribution in [3.05, 3.63) is 38.2 Å². The Hall–Kier alpha value is -0.500. The Morgan fingerprint density at radius 2 is 1.95 bits per heavy atom.